The number of aromatic amines is 1. The quantitative estimate of drug-likeness (QED) is 0.563. The Kier molecular flexibility index (Phi) is 6.54. The molecule has 2 saturated heterocycles. The number of hydrogen-bond acceptors (Lipinski definition) is 7. The molecule has 0 unspecified atom stereocenters. The maximum absolute atomic E-state index is 11.7. The summed E-state index contributed by atoms with van der Waals surface area (Å²) in [4.78, 5) is 15.0. The van der Waals surface area contributed by atoms with Crippen LogP contribution in [0.2, 0.25) is 5.02 Å². The summed E-state index contributed by atoms with van der Waals surface area (Å²) in [6.07, 6.45) is 2.86. The van der Waals surface area contributed by atoms with Crippen LogP contribution in [0.15, 0.2) is 35.5 Å². The summed E-state index contributed by atoms with van der Waals surface area (Å²) in [5.74, 6) is 0. The number of H-pyrrole nitrogens is 1. The van der Waals surface area contributed by atoms with E-state index >= 15 is 0 Å². The van der Waals surface area contributed by atoms with Crippen molar-refractivity contribution < 1.29 is 13.2 Å². The number of piperidine rings is 1. The zero-order chi connectivity index (χ0) is 23.0. The Morgan fingerprint density at radius 1 is 1.09 bits per heavy atom. The van der Waals surface area contributed by atoms with Crippen LogP contribution in [-0.2, 0) is 14.8 Å². The summed E-state index contributed by atoms with van der Waals surface area (Å²) >= 11 is 8.22. The molecule has 8 nitrogen and oxygen atoms in total. The molecule has 0 amide bonds. The second-order valence-corrected chi connectivity index (χ2v) is 12.0. The summed E-state index contributed by atoms with van der Waals surface area (Å²) in [5, 5.41) is 1.67. The number of anilines is 1. The molecule has 176 valence electrons. The molecule has 4 heterocycles. The van der Waals surface area contributed by atoms with E-state index in [0.717, 1.165) is 55.4 Å². The maximum Gasteiger partial charge on any atom is 0.211 e. The van der Waals surface area contributed by atoms with Crippen molar-refractivity contribution in [3.05, 3.63) is 35.4 Å². The molecule has 2 aromatic heterocycles. The lowest BCUT2D eigenvalue weighted by Gasteiger charge is -2.29. The fourth-order valence-corrected chi connectivity index (χ4v) is 6.45. The first-order chi connectivity index (χ1) is 15.9. The topological polar surface area (TPSA) is 91.4 Å². The zero-order valence-electron chi connectivity index (χ0n) is 18.3. The van der Waals surface area contributed by atoms with Crippen molar-refractivity contribution >= 4 is 50.2 Å². The van der Waals surface area contributed by atoms with Crippen LogP contribution in [0.25, 0.3) is 22.4 Å². The molecule has 1 N–H and O–H groups in total. The zero-order valence-corrected chi connectivity index (χ0v) is 20.7. The van der Waals surface area contributed by atoms with Crippen molar-refractivity contribution in [3.8, 4) is 11.3 Å². The minimum absolute atomic E-state index is 0.311. The maximum atomic E-state index is 11.7. The Hall–Kier alpha value is -1.85. The molecule has 2 aliphatic rings. The van der Waals surface area contributed by atoms with E-state index in [9.17, 15) is 8.42 Å². The van der Waals surface area contributed by atoms with Crippen molar-refractivity contribution in [3.63, 3.8) is 0 Å². The SMILES string of the molecule is CS(=O)(=O)N1CCC(Sc2nc3nc(-c4ccc(N5CCOCC5)cc4)c(Cl)cc3[nH]2)CC1. The van der Waals surface area contributed by atoms with Gasteiger partial charge in [-0.3, -0.25) is 0 Å². The molecule has 0 atom stereocenters. The molecule has 0 spiro atoms. The number of sulfonamides is 1. The van der Waals surface area contributed by atoms with Crippen LogP contribution in [0.4, 0.5) is 5.69 Å². The Morgan fingerprint density at radius 3 is 2.45 bits per heavy atom. The highest BCUT2D eigenvalue weighted by Crippen LogP contribution is 2.33. The van der Waals surface area contributed by atoms with Crippen molar-refractivity contribution in [1.82, 2.24) is 19.3 Å². The van der Waals surface area contributed by atoms with Gasteiger partial charge in [-0.15, -0.1) is 0 Å². The molecule has 2 fully saturated rings. The summed E-state index contributed by atoms with van der Waals surface area (Å²) < 4.78 is 30.4. The van der Waals surface area contributed by atoms with Gasteiger partial charge in [0.15, 0.2) is 10.8 Å². The lowest BCUT2D eigenvalue weighted by molar-refractivity contribution is 0.122. The molecule has 0 saturated carbocycles. The number of nitrogens with zero attached hydrogens (tertiary/aromatic N) is 4. The van der Waals surface area contributed by atoms with Gasteiger partial charge in [0.05, 0.1) is 35.7 Å². The van der Waals surface area contributed by atoms with Crippen molar-refractivity contribution in [2.24, 2.45) is 0 Å². The number of nitrogens with one attached hydrogen (secondary N) is 1. The monoisotopic (exact) mass is 507 g/mol. The van der Waals surface area contributed by atoms with E-state index in [4.69, 9.17) is 21.3 Å². The van der Waals surface area contributed by atoms with E-state index in [1.165, 1.54) is 11.9 Å². The molecule has 2 aliphatic heterocycles. The van der Waals surface area contributed by atoms with Gasteiger partial charge in [-0.2, -0.15) is 0 Å². The predicted molar refractivity (Wildman–Crippen MR) is 133 cm³/mol. The number of rotatable bonds is 5. The third kappa shape index (κ3) is 5.14. The summed E-state index contributed by atoms with van der Waals surface area (Å²) in [5.41, 5.74) is 4.25. The van der Waals surface area contributed by atoms with Crippen LogP contribution in [-0.4, -0.2) is 78.6 Å². The standard InChI is InChI=1S/C22H26ClN5O3S2/c1-33(29,30)28-8-6-17(7-9-28)32-22-24-19-14-18(23)20(25-21(19)26-22)15-2-4-16(5-3-15)27-10-12-31-13-11-27/h2-5,14,17H,6-13H2,1H3,(H,24,25,26). The number of morpholine rings is 1. The molecule has 5 rings (SSSR count). The fourth-order valence-electron chi connectivity index (χ4n) is 4.25. The largest absolute Gasteiger partial charge is 0.378 e. The van der Waals surface area contributed by atoms with Crippen LogP contribution in [0.5, 0.6) is 0 Å². The van der Waals surface area contributed by atoms with Crippen LogP contribution in [0.3, 0.4) is 0 Å². The number of aromatic nitrogens is 3. The molecule has 1 aromatic carbocycles. The van der Waals surface area contributed by atoms with Gasteiger partial charge in [0, 0.05) is 42.7 Å². The number of imidazole rings is 1. The lowest BCUT2D eigenvalue weighted by Crippen LogP contribution is -2.38. The van der Waals surface area contributed by atoms with E-state index in [-0.39, 0.29) is 0 Å². The summed E-state index contributed by atoms with van der Waals surface area (Å²) in [7, 11) is -3.12. The highest BCUT2D eigenvalue weighted by Gasteiger charge is 2.26. The van der Waals surface area contributed by atoms with Gasteiger partial charge in [0.2, 0.25) is 10.0 Å². The number of pyridine rings is 1. The van der Waals surface area contributed by atoms with Gasteiger partial charge in [-0.05, 0) is 31.0 Å². The molecule has 0 aliphatic carbocycles. The highest BCUT2D eigenvalue weighted by molar-refractivity contribution is 7.99. The van der Waals surface area contributed by atoms with Gasteiger partial charge in [0.1, 0.15) is 0 Å². The average molecular weight is 508 g/mol. The summed E-state index contributed by atoms with van der Waals surface area (Å²) in [6, 6.07) is 10.2. The second-order valence-electron chi connectivity index (χ2n) is 8.36. The Morgan fingerprint density at radius 2 is 1.79 bits per heavy atom. The van der Waals surface area contributed by atoms with Crippen molar-refractivity contribution in [1.29, 1.82) is 0 Å². The number of halogens is 1. The molecule has 0 radical (unpaired) electrons. The number of fused-ring (bicyclic) bond motifs is 1. The molecular weight excluding hydrogens is 482 g/mol. The molecular formula is C22H26ClN5O3S2. The number of benzene rings is 1. The van der Waals surface area contributed by atoms with Gasteiger partial charge in [-0.25, -0.2) is 22.7 Å². The van der Waals surface area contributed by atoms with E-state index in [2.05, 4.69) is 27.0 Å². The van der Waals surface area contributed by atoms with Crippen LogP contribution in [0, 0.1) is 0 Å². The normalized spacial score (nSPS) is 18.8. The first-order valence-electron chi connectivity index (χ1n) is 11.0. The lowest BCUT2D eigenvalue weighted by atomic mass is 10.1. The first-order valence-corrected chi connectivity index (χ1v) is 14.1. The van der Waals surface area contributed by atoms with Gasteiger partial charge < -0.3 is 14.6 Å². The van der Waals surface area contributed by atoms with Crippen LogP contribution >= 0.6 is 23.4 Å². The van der Waals surface area contributed by atoms with Crippen molar-refractivity contribution in [2.75, 3.05) is 50.5 Å². The Balaban J connectivity index is 1.31. The smallest absolute Gasteiger partial charge is 0.211 e. The van der Waals surface area contributed by atoms with Gasteiger partial charge in [0.25, 0.3) is 0 Å². The highest BCUT2D eigenvalue weighted by atomic mass is 35.5. The third-order valence-electron chi connectivity index (χ3n) is 6.07. The second kappa shape index (κ2) is 9.42. The van der Waals surface area contributed by atoms with E-state index in [1.807, 2.05) is 18.2 Å². The molecule has 11 heteroatoms. The Labute approximate surface area is 202 Å². The third-order valence-corrected chi connectivity index (χ3v) is 8.88. The van der Waals surface area contributed by atoms with Gasteiger partial charge >= 0.3 is 0 Å². The van der Waals surface area contributed by atoms with E-state index in [1.54, 1.807) is 16.1 Å². The number of ether oxygens (including phenoxy) is 1. The van der Waals surface area contributed by atoms with Crippen LogP contribution in [0.1, 0.15) is 12.8 Å². The summed E-state index contributed by atoms with van der Waals surface area (Å²) in [6.45, 7) is 4.39. The Bertz CT molecular complexity index is 1230. The van der Waals surface area contributed by atoms with Gasteiger partial charge in [-0.1, -0.05) is 35.5 Å². The minimum Gasteiger partial charge on any atom is -0.378 e. The van der Waals surface area contributed by atoms with Crippen molar-refractivity contribution in [2.45, 2.75) is 23.2 Å². The number of thioether (sulfide) groups is 1. The fraction of sp³-hybridized carbons (Fsp3) is 0.455. The van der Waals surface area contributed by atoms with E-state index in [0.29, 0.717) is 34.7 Å². The minimum atomic E-state index is -3.12. The average Bonchev–Trinajstić information content (AvgIpc) is 3.20. The van der Waals surface area contributed by atoms with Crippen LogP contribution < -0.4 is 4.90 Å². The molecule has 3 aromatic rings. The number of hydrogen-bond donors (Lipinski definition) is 1. The molecule has 0 bridgehead atoms. The first kappa shape index (κ1) is 22.9. The molecule has 33 heavy (non-hydrogen) atoms. The predicted octanol–water partition coefficient (Wildman–Crippen LogP) is 3.63. The van der Waals surface area contributed by atoms with E-state index < -0.39 is 10.0 Å².